The highest BCUT2D eigenvalue weighted by atomic mass is 32.1. The Hall–Kier alpha value is -1.35. The first-order valence-electron chi connectivity index (χ1n) is 7.14. The molecule has 2 N–H and O–H groups in total. The maximum Gasteiger partial charge on any atom is 0.401 e. The summed E-state index contributed by atoms with van der Waals surface area (Å²) in [6, 6.07) is -0.369. The fraction of sp³-hybridized carbons (Fsp3) is 0.692. The summed E-state index contributed by atoms with van der Waals surface area (Å²) in [6.45, 7) is 2.27. The number of rotatable bonds is 5. The number of carbonyl (C=O) groups excluding carboxylic acids is 1. The lowest BCUT2D eigenvalue weighted by molar-refractivity contribution is -0.143. The number of hydrogen-bond acceptors (Lipinski definition) is 4. The van der Waals surface area contributed by atoms with E-state index in [1.54, 1.807) is 6.20 Å². The van der Waals surface area contributed by atoms with Gasteiger partial charge in [-0.15, -0.1) is 11.3 Å². The number of nitrogens with one attached hydrogen (secondary N) is 2. The molecule has 0 aromatic carbocycles. The zero-order chi connectivity index (χ0) is 16.2. The lowest BCUT2D eigenvalue weighted by Gasteiger charge is -2.18. The maximum atomic E-state index is 12.3. The summed E-state index contributed by atoms with van der Waals surface area (Å²) in [4.78, 5) is 18.3. The molecule has 0 spiro atoms. The fourth-order valence-electron chi connectivity index (χ4n) is 2.38. The van der Waals surface area contributed by atoms with Gasteiger partial charge >= 0.3 is 12.2 Å². The third-order valence-electron chi connectivity index (χ3n) is 3.45. The van der Waals surface area contributed by atoms with Gasteiger partial charge in [0.1, 0.15) is 0 Å². The number of amides is 2. The Morgan fingerprint density at radius 3 is 2.95 bits per heavy atom. The molecule has 1 aromatic rings. The zero-order valence-corrected chi connectivity index (χ0v) is 13.1. The number of aryl methyl sites for hydroxylation is 1. The van der Waals surface area contributed by atoms with Crippen molar-refractivity contribution in [2.75, 3.05) is 31.5 Å². The Labute approximate surface area is 130 Å². The number of hydrogen-bond donors (Lipinski definition) is 2. The van der Waals surface area contributed by atoms with Gasteiger partial charge in [-0.3, -0.25) is 10.2 Å². The third kappa shape index (κ3) is 5.45. The molecule has 1 saturated heterocycles. The van der Waals surface area contributed by atoms with Crippen molar-refractivity contribution < 1.29 is 18.0 Å². The van der Waals surface area contributed by atoms with E-state index in [-0.39, 0.29) is 11.9 Å². The highest BCUT2D eigenvalue weighted by Gasteiger charge is 2.34. The molecule has 2 rings (SSSR count). The van der Waals surface area contributed by atoms with Crippen molar-refractivity contribution in [1.29, 1.82) is 0 Å². The third-order valence-corrected chi connectivity index (χ3v) is 4.50. The van der Waals surface area contributed by atoms with Gasteiger partial charge in [0, 0.05) is 24.2 Å². The maximum absolute atomic E-state index is 12.3. The Morgan fingerprint density at radius 1 is 1.55 bits per heavy atom. The second-order valence-corrected chi connectivity index (χ2v) is 6.44. The van der Waals surface area contributed by atoms with Gasteiger partial charge in [0.05, 0.1) is 6.54 Å². The molecule has 0 saturated carbocycles. The van der Waals surface area contributed by atoms with Gasteiger partial charge in [0.15, 0.2) is 5.13 Å². The number of aromatic nitrogens is 1. The van der Waals surface area contributed by atoms with Crippen LogP contribution in [0, 0.1) is 5.92 Å². The lowest BCUT2D eigenvalue weighted by Crippen LogP contribution is -2.36. The minimum absolute atomic E-state index is 0.0515. The molecular weight excluding hydrogens is 317 g/mol. The van der Waals surface area contributed by atoms with E-state index in [1.165, 1.54) is 16.2 Å². The second kappa shape index (κ2) is 7.28. The predicted octanol–water partition coefficient (Wildman–Crippen LogP) is 2.71. The average molecular weight is 336 g/mol. The first-order valence-corrected chi connectivity index (χ1v) is 7.96. The number of likely N-dealkylation sites (tertiary alicyclic amines) is 1. The normalized spacial score (nSPS) is 19.4. The topological polar surface area (TPSA) is 57.3 Å². The molecule has 0 radical (unpaired) electrons. The quantitative estimate of drug-likeness (QED) is 0.869. The van der Waals surface area contributed by atoms with Crippen LogP contribution < -0.4 is 10.6 Å². The van der Waals surface area contributed by atoms with Gasteiger partial charge in [-0.05, 0) is 25.3 Å². The van der Waals surface area contributed by atoms with Gasteiger partial charge in [0.2, 0.25) is 0 Å². The number of halogens is 3. The van der Waals surface area contributed by atoms with Gasteiger partial charge in [-0.2, -0.15) is 13.2 Å². The molecule has 22 heavy (non-hydrogen) atoms. The molecular formula is C13H19F3N4OS. The minimum Gasteiger partial charge on any atom is -0.337 e. The molecule has 5 nitrogen and oxygen atoms in total. The summed E-state index contributed by atoms with van der Waals surface area (Å²) < 4.78 is 36.9. The number of carbonyl (C=O) groups is 1. The van der Waals surface area contributed by atoms with Crippen molar-refractivity contribution in [2.24, 2.45) is 5.92 Å². The van der Waals surface area contributed by atoms with Crippen LogP contribution in [0.3, 0.4) is 0 Å². The van der Waals surface area contributed by atoms with Gasteiger partial charge < -0.3 is 5.32 Å². The summed E-state index contributed by atoms with van der Waals surface area (Å²) >= 11 is 1.41. The molecule has 1 aliphatic rings. The number of thiazole rings is 1. The first-order chi connectivity index (χ1) is 10.4. The van der Waals surface area contributed by atoms with E-state index in [0.29, 0.717) is 31.2 Å². The predicted molar refractivity (Wildman–Crippen MR) is 79.1 cm³/mol. The molecule has 1 aromatic heterocycles. The molecule has 0 aliphatic carbocycles. The van der Waals surface area contributed by atoms with Crippen molar-refractivity contribution in [3.8, 4) is 0 Å². The summed E-state index contributed by atoms with van der Waals surface area (Å²) in [6.07, 6.45) is -0.931. The van der Waals surface area contributed by atoms with Gasteiger partial charge in [-0.25, -0.2) is 9.78 Å². The molecule has 124 valence electrons. The fourth-order valence-corrected chi connectivity index (χ4v) is 3.13. The highest BCUT2D eigenvalue weighted by Crippen LogP contribution is 2.22. The van der Waals surface area contributed by atoms with E-state index in [1.807, 2.05) is 6.92 Å². The minimum atomic E-state index is -4.17. The monoisotopic (exact) mass is 336 g/mol. The van der Waals surface area contributed by atoms with Crippen molar-refractivity contribution in [2.45, 2.75) is 25.9 Å². The first kappa shape index (κ1) is 17.0. The molecule has 1 aliphatic heterocycles. The molecule has 2 heterocycles. The molecule has 1 atom stereocenters. The molecule has 1 fully saturated rings. The average Bonchev–Trinajstić information content (AvgIpc) is 3.04. The van der Waals surface area contributed by atoms with Crippen LogP contribution in [0.1, 0.15) is 18.2 Å². The summed E-state index contributed by atoms with van der Waals surface area (Å²) in [5.41, 5.74) is 0. The number of nitrogens with zero attached hydrogens (tertiary/aromatic N) is 2. The SMILES string of the molecule is CCc1cnc(NC(=O)NCC2CCN(CC(F)(F)F)C2)s1. The Morgan fingerprint density at radius 2 is 2.32 bits per heavy atom. The van der Waals surface area contributed by atoms with E-state index in [2.05, 4.69) is 15.6 Å². The van der Waals surface area contributed by atoms with Crippen LogP contribution in [0.25, 0.3) is 0 Å². The van der Waals surface area contributed by atoms with Crippen molar-refractivity contribution >= 4 is 22.5 Å². The van der Waals surface area contributed by atoms with Crippen molar-refractivity contribution in [1.82, 2.24) is 15.2 Å². The van der Waals surface area contributed by atoms with Gasteiger partial charge in [-0.1, -0.05) is 6.92 Å². The van der Waals surface area contributed by atoms with E-state index < -0.39 is 12.7 Å². The second-order valence-electron chi connectivity index (χ2n) is 5.33. The Balaban J connectivity index is 1.69. The Kier molecular flexibility index (Phi) is 5.63. The van der Waals surface area contributed by atoms with E-state index in [9.17, 15) is 18.0 Å². The van der Waals surface area contributed by atoms with Crippen LogP contribution in [-0.2, 0) is 6.42 Å². The lowest BCUT2D eigenvalue weighted by atomic mass is 10.1. The van der Waals surface area contributed by atoms with Crippen LogP contribution in [-0.4, -0.2) is 48.3 Å². The largest absolute Gasteiger partial charge is 0.401 e. The number of anilines is 1. The van der Waals surface area contributed by atoms with Crippen LogP contribution in [0.2, 0.25) is 0 Å². The highest BCUT2D eigenvalue weighted by molar-refractivity contribution is 7.15. The smallest absolute Gasteiger partial charge is 0.337 e. The molecule has 0 bridgehead atoms. The molecule has 2 amide bonds. The van der Waals surface area contributed by atoms with Crippen LogP contribution in [0.4, 0.5) is 23.1 Å². The molecule has 9 heteroatoms. The summed E-state index contributed by atoms with van der Waals surface area (Å²) in [5.74, 6) is 0.0515. The zero-order valence-electron chi connectivity index (χ0n) is 12.2. The van der Waals surface area contributed by atoms with E-state index in [4.69, 9.17) is 0 Å². The Bertz CT molecular complexity index is 506. The number of alkyl halides is 3. The van der Waals surface area contributed by atoms with Crippen LogP contribution in [0.5, 0.6) is 0 Å². The summed E-state index contributed by atoms with van der Waals surface area (Å²) in [5, 5.41) is 5.85. The van der Waals surface area contributed by atoms with Crippen molar-refractivity contribution in [3.63, 3.8) is 0 Å². The number of urea groups is 1. The summed E-state index contributed by atoms with van der Waals surface area (Å²) in [7, 11) is 0. The van der Waals surface area contributed by atoms with Crippen molar-refractivity contribution in [3.05, 3.63) is 11.1 Å². The standard InChI is InChI=1S/C13H19F3N4OS/c1-2-10-6-18-12(22-10)19-11(21)17-5-9-3-4-20(7-9)8-13(14,15)16/h6,9H,2-5,7-8H2,1H3,(H2,17,18,19,21). The van der Waals surface area contributed by atoms with Crippen LogP contribution in [0.15, 0.2) is 6.20 Å². The molecule has 1 unspecified atom stereocenters. The van der Waals surface area contributed by atoms with E-state index >= 15 is 0 Å². The van der Waals surface area contributed by atoms with Crippen LogP contribution >= 0.6 is 11.3 Å². The van der Waals surface area contributed by atoms with E-state index in [0.717, 1.165) is 11.3 Å². The van der Waals surface area contributed by atoms with Gasteiger partial charge in [0.25, 0.3) is 0 Å².